The van der Waals surface area contributed by atoms with Crippen molar-refractivity contribution in [2.75, 3.05) is 0 Å². The van der Waals surface area contributed by atoms with Gasteiger partial charge in [0.2, 0.25) is 0 Å². The summed E-state index contributed by atoms with van der Waals surface area (Å²) in [6.07, 6.45) is 8.42. The predicted octanol–water partition coefficient (Wildman–Crippen LogP) is 1.40. The molecule has 0 amide bonds. The Hall–Kier alpha value is -3.03. The van der Waals surface area contributed by atoms with Crippen LogP contribution in [0, 0.1) is 13.8 Å². The molecule has 0 N–H and O–H groups in total. The monoisotopic (exact) mass is 294 g/mol. The second kappa shape index (κ2) is 5.76. The first-order valence-corrected chi connectivity index (χ1v) is 6.64. The molecule has 22 heavy (non-hydrogen) atoms. The van der Waals surface area contributed by atoms with Crippen LogP contribution in [0.3, 0.4) is 0 Å². The Morgan fingerprint density at radius 1 is 0.864 bits per heavy atom. The fourth-order valence-electron chi connectivity index (χ4n) is 1.90. The zero-order valence-corrected chi connectivity index (χ0v) is 12.5. The fraction of sp³-hybridized carbons (Fsp3) is 0.214. The van der Waals surface area contributed by atoms with E-state index in [-0.39, 0.29) is 0 Å². The summed E-state index contributed by atoms with van der Waals surface area (Å²) < 4.78 is 1.73. The summed E-state index contributed by atoms with van der Waals surface area (Å²) in [4.78, 5) is 24.3. The van der Waals surface area contributed by atoms with E-state index in [1.807, 2.05) is 27.1 Å². The molecule has 8 heteroatoms. The van der Waals surface area contributed by atoms with Crippen molar-refractivity contribution in [1.82, 2.24) is 39.7 Å². The third kappa shape index (κ3) is 3.00. The maximum absolute atomic E-state index is 4.20. The minimum atomic E-state index is 0.644. The van der Waals surface area contributed by atoms with Gasteiger partial charge < -0.3 is 0 Å². The summed E-state index contributed by atoms with van der Waals surface area (Å²) in [6.45, 7) is 3.76. The van der Waals surface area contributed by atoms with Crippen molar-refractivity contribution < 1.29 is 0 Å². The lowest BCUT2D eigenvalue weighted by Crippen LogP contribution is -1.89. The van der Waals surface area contributed by atoms with Gasteiger partial charge in [0.15, 0.2) is 5.65 Å². The molecule has 4 rings (SSSR count). The summed E-state index contributed by atoms with van der Waals surface area (Å²) in [7, 11) is 1.87. The molecule has 0 fully saturated rings. The molecule has 0 atom stereocenters. The summed E-state index contributed by atoms with van der Waals surface area (Å²) in [5.41, 5.74) is 4.02. The molecular formula is C14H14N8. The van der Waals surface area contributed by atoms with Gasteiger partial charge in [0.05, 0.1) is 30.5 Å². The van der Waals surface area contributed by atoms with Crippen LogP contribution >= 0.6 is 0 Å². The van der Waals surface area contributed by atoms with Crippen LogP contribution in [0.15, 0.2) is 31.1 Å². The van der Waals surface area contributed by atoms with Crippen LogP contribution in [0.2, 0.25) is 0 Å². The van der Waals surface area contributed by atoms with Crippen LogP contribution in [0.4, 0.5) is 0 Å². The highest BCUT2D eigenvalue weighted by atomic mass is 15.3. The van der Waals surface area contributed by atoms with E-state index in [1.165, 1.54) is 6.33 Å². The normalized spacial score (nSPS) is 10.5. The van der Waals surface area contributed by atoms with Gasteiger partial charge in [-0.25, -0.2) is 29.9 Å². The van der Waals surface area contributed by atoms with E-state index in [4.69, 9.17) is 0 Å². The topological polar surface area (TPSA) is 95.2 Å². The lowest BCUT2D eigenvalue weighted by Gasteiger charge is -1.93. The lowest BCUT2D eigenvalue weighted by molar-refractivity contribution is 0.779. The fourth-order valence-corrected chi connectivity index (χ4v) is 1.90. The van der Waals surface area contributed by atoms with Gasteiger partial charge in [0.25, 0.3) is 0 Å². The van der Waals surface area contributed by atoms with Crippen molar-refractivity contribution >= 4 is 22.2 Å². The van der Waals surface area contributed by atoms with E-state index in [0.29, 0.717) is 5.65 Å². The predicted molar refractivity (Wildman–Crippen MR) is 80.9 cm³/mol. The van der Waals surface area contributed by atoms with Crippen LogP contribution in [-0.4, -0.2) is 39.7 Å². The second-order valence-electron chi connectivity index (χ2n) is 4.73. The second-order valence-corrected chi connectivity index (χ2v) is 4.73. The molecular weight excluding hydrogens is 280 g/mol. The van der Waals surface area contributed by atoms with Gasteiger partial charge in [-0.05, 0) is 13.8 Å². The Kier molecular flexibility index (Phi) is 3.65. The molecule has 0 unspecified atom stereocenters. The number of aromatic nitrogens is 8. The molecule has 110 valence electrons. The molecule has 0 aromatic carbocycles. The Bertz CT molecular complexity index is 930. The van der Waals surface area contributed by atoms with Gasteiger partial charge in [-0.2, -0.15) is 5.10 Å². The van der Waals surface area contributed by atoms with Crippen LogP contribution in [-0.2, 0) is 7.05 Å². The van der Waals surface area contributed by atoms with E-state index in [2.05, 4.69) is 35.0 Å². The number of aryl methyl sites for hydroxylation is 3. The SMILES string of the molecule is Cc1cnc2ncncc2n1.Cc1ncc2nn(C)cc2n1. The minimum absolute atomic E-state index is 0.644. The van der Waals surface area contributed by atoms with Gasteiger partial charge in [-0.1, -0.05) is 0 Å². The number of rotatable bonds is 0. The highest BCUT2D eigenvalue weighted by Gasteiger charge is 1.98. The average Bonchev–Trinajstić information content (AvgIpc) is 2.87. The van der Waals surface area contributed by atoms with Crippen molar-refractivity contribution in [2.45, 2.75) is 13.8 Å². The molecule has 4 aromatic rings. The maximum Gasteiger partial charge on any atom is 0.181 e. The van der Waals surface area contributed by atoms with Crippen molar-refractivity contribution in [3.8, 4) is 0 Å². The first-order chi connectivity index (χ1) is 10.6. The molecule has 0 radical (unpaired) electrons. The van der Waals surface area contributed by atoms with Gasteiger partial charge in [0, 0.05) is 7.05 Å². The van der Waals surface area contributed by atoms with E-state index in [1.54, 1.807) is 23.3 Å². The largest absolute Gasteiger partial charge is 0.273 e. The Balaban J connectivity index is 0.000000131. The summed E-state index contributed by atoms with van der Waals surface area (Å²) in [5.74, 6) is 0.783. The van der Waals surface area contributed by atoms with E-state index >= 15 is 0 Å². The lowest BCUT2D eigenvalue weighted by atomic mass is 10.4. The van der Waals surface area contributed by atoms with Gasteiger partial charge in [0.1, 0.15) is 28.7 Å². The van der Waals surface area contributed by atoms with Crippen LogP contribution < -0.4 is 0 Å². The number of fused-ring (bicyclic) bond motifs is 2. The van der Waals surface area contributed by atoms with Crippen molar-refractivity contribution in [3.63, 3.8) is 0 Å². The Morgan fingerprint density at radius 3 is 2.59 bits per heavy atom. The molecule has 0 aliphatic heterocycles. The molecule has 0 saturated carbocycles. The molecule has 8 nitrogen and oxygen atoms in total. The quantitative estimate of drug-likeness (QED) is 0.483. The first-order valence-electron chi connectivity index (χ1n) is 6.64. The molecule has 4 heterocycles. The van der Waals surface area contributed by atoms with E-state index in [9.17, 15) is 0 Å². The van der Waals surface area contributed by atoms with Crippen LogP contribution in [0.5, 0.6) is 0 Å². The zero-order chi connectivity index (χ0) is 15.5. The van der Waals surface area contributed by atoms with E-state index in [0.717, 1.165) is 28.1 Å². The van der Waals surface area contributed by atoms with Gasteiger partial charge in [-0.15, -0.1) is 0 Å². The van der Waals surface area contributed by atoms with Gasteiger partial charge >= 0.3 is 0 Å². The Labute approximate surface area is 126 Å². The maximum atomic E-state index is 4.20. The van der Waals surface area contributed by atoms with Crippen LogP contribution in [0.25, 0.3) is 22.2 Å². The summed E-state index contributed by atoms with van der Waals surface area (Å²) in [5, 5.41) is 4.15. The van der Waals surface area contributed by atoms with E-state index < -0.39 is 0 Å². The summed E-state index contributed by atoms with van der Waals surface area (Å²) >= 11 is 0. The third-order valence-corrected chi connectivity index (χ3v) is 2.84. The zero-order valence-electron chi connectivity index (χ0n) is 12.5. The number of hydrogen-bond donors (Lipinski definition) is 0. The molecule has 0 bridgehead atoms. The Morgan fingerprint density at radius 2 is 1.73 bits per heavy atom. The number of nitrogens with zero attached hydrogens (tertiary/aromatic N) is 8. The standard InChI is InChI=1S/C7H8N4.C7H6N4/c1-5-8-3-6-7(9-5)4-11(2)10-6;1-5-2-9-7-6(11-5)3-8-4-10-7/h3-4H,1-2H3;2-4H,1H3. The first kappa shape index (κ1) is 13.9. The molecule has 0 spiro atoms. The smallest absolute Gasteiger partial charge is 0.181 e. The third-order valence-electron chi connectivity index (χ3n) is 2.84. The molecule has 4 aromatic heterocycles. The number of hydrogen-bond acceptors (Lipinski definition) is 7. The van der Waals surface area contributed by atoms with Gasteiger partial charge in [-0.3, -0.25) is 4.68 Å². The van der Waals surface area contributed by atoms with Crippen LogP contribution in [0.1, 0.15) is 11.5 Å². The average molecular weight is 294 g/mol. The minimum Gasteiger partial charge on any atom is -0.273 e. The van der Waals surface area contributed by atoms with Crippen molar-refractivity contribution in [1.29, 1.82) is 0 Å². The van der Waals surface area contributed by atoms with Crippen molar-refractivity contribution in [3.05, 3.63) is 42.6 Å². The molecule has 0 aliphatic carbocycles. The highest BCUT2D eigenvalue weighted by Crippen LogP contribution is 2.06. The molecule has 0 saturated heterocycles. The highest BCUT2D eigenvalue weighted by molar-refractivity contribution is 5.71. The van der Waals surface area contributed by atoms with Crippen molar-refractivity contribution in [2.24, 2.45) is 7.05 Å². The molecule has 0 aliphatic rings. The summed E-state index contributed by atoms with van der Waals surface area (Å²) in [6, 6.07) is 0.